The van der Waals surface area contributed by atoms with Crippen molar-refractivity contribution in [2.75, 3.05) is 13.2 Å². The van der Waals surface area contributed by atoms with Crippen LogP contribution in [0.25, 0.3) is 0 Å². The van der Waals surface area contributed by atoms with Gasteiger partial charge in [0.1, 0.15) is 0 Å². The first-order chi connectivity index (χ1) is 17.5. The van der Waals surface area contributed by atoms with Crippen molar-refractivity contribution in [3.05, 3.63) is 0 Å². The summed E-state index contributed by atoms with van der Waals surface area (Å²) < 4.78 is 6.57. The lowest BCUT2D eigenvalue weighted by Crippen LogP contribution is -2.50. The molecule has 1 heterocycles. The van der Waals surface area contributed by atoms with Crippen LogP contribution in [-0.2, 0) is 4.74 Å². The number of unbranched alkanes of at least 4 members (excludes halogenated alkanes) is 10. The van der Waals surface area contributed by atoms with Crippen molar-refractivity contribution in [1.82, 2.24) is 4.90 Å². The molecular weight excluding hydrogens is 438 g/mol. The zero-order valence-electron chi connectivity index (χ0n) is 26.0. The molecule has 1 fully saturated rings. The van der Waals surface area contributed by atoms with Gasteiger partial charge in [0.2, 0.25) is 0 Å². The standard InChI is InChI=1S/C34H69NO/c1-7-11-15-18-22-32(21-14-10-4)25-26-36-34-27-30(5)35(31(6)28-34)29-33(23-19-16-12-8-2)24-20-17-13-9-3/h30-34H,7-29H2,1-6H3/t30-,31+,32?,34?. The Morgan fingerprint density at radius 2 is 1.00 bits per heavy atom. The Hall–Kier alpha value is -0.0800. The minimum Gasteiger partial charge on any atom is -0.378 e. The van der Waals surface area contributed by atoms with Crippen LogP contribution in [0.15, 0.2) is 0 Å². The van der Waals surface area contributed by atoms with Gasteiger partial charge in [-0.25, -0.2) is 0 Å². The van der Waals surface area contributed by atoms with Crippen LogP contribution in [0.2, 0.25) is 0 Å². The van der Waals surface area contributed by atoms with Crippen molar-refractivity contribution in [3.63, 3.8) is 0 Å². The molecule has 0 N–H and O–H groups in total. The van der Waals surface area contributed by atoms with E-state index in [1.54, 1.807) is 0 Å². The third-order valence-electron chi connectivity index (χ3n) is 9.05. The maximum absolute atomic E-state index is 6.57. The molecule has 0 spiro atoms. The van der Waals surface area contributed by atoms with Gasteiger partial charge >= 0.3 is 0 Å². The zero-order chi connectivity index (χ0) is 26.4. The molecule has 4 atom stereocenters. The van der Waals surface area contributed by atoms with Crippen LogP contribution in [0, 0.1) is 11.8 Å². The van der Waals surface area contributed by atoms with Crippen LogP contribution in [0.1, 0.15) is 176 Å². The van der Waals surface area contributed by atoms with E-state index in [-0.39, 0.29) is 0 Å². The largest absolute Gasteiger partial charge is 0.378 e. The van der Waals surface area contributed by atoms with Crippen LogP contribution in [0.4, 0.5) is 0 Å². The molecule has 2 unspecified atom stereocenters. The first-order valence-electron chi connectivity index (χ1n) is 16.9. The second-order valence-corrected chi connectivity index (χ2v) is 12.6. The summed E-state index contributed by atoms with van der Waals surface area (Å²) in [6, 6.07) is 1.33. The SMILES string of the molecule is CCCCCCC(CCCC)CCOC1C[C@@H](C)N(CC(CCCCCC)CCCCCC)[C@@H](C)C1. The molecule has 1 saturated heterocycles. The predicted molar refractivity (Wildman–Crippen MR) is 162 cm³/mol. The maximum atomic E-state index is 6.57. The topological polar surface area (TPSA) is 12.5 Å². The van der Waals surface area contributed by atoms with Gasteiger partial charge in [0.05, 0.1) is 6.10 Å². The lowest BCUT2D eigenvalue weighted by Gasteiger charge is -2.44. The first-order valence-corrected chi connectivity index (χ1v) is 16.9. The van der Waals surface area contributed by atoms with Gasteiger partial charge in [-0.3, -0.25) is 4.90 Å². The Morgan fingerprint density at radius 3 is 1.47 bits per heavy atom. The van der Waals surface area contributed by atoms with Gasteiger partial charge in [0.15, 0.2) is 0 Å². The lowest BCUT2D eigenvalue weighted by atomic mass is 9.89. The Kier molecular flexibility index (Phi) is 21.6. The van der Waals surface area contributed by atoms with E-state index in [9.17, 15) is 0 Å². The van der Waals surface area contributed by atoms with Crippen LogP contribution in [0.3, 0.4) is 0 Å². The highest BCUT2D eigenvalue weighted by Gasteiger charge is 2.32. The number of likely N-dealkylation sites (tertiary alicyclic amines) is 1. The highest BCUT2D eigenvalue weighted by atomic mass is 16.5. The molecule has 1 aliphatic heterocycles. The maximum Gasteiger partial charge on any atom is 0.0604 e. The lowest BCUT2D eigenvalue weighted by molar-refractivity contribution is -0.0427. The number of hydrogen-bond donors (Lipinski definition) is 0. The van der Waals surface area contributed by atoms with Crippen molar-refractivity contribution >= 4 is 0 Å². The van der Waals surface area contributed by atoms with Gasteiger partial charge in [-0.05, 0) is 57.8 Å². The van der Waals surface area contributed by atoms with Crippen molar-refractivity contribution in [2.45, 2.75) is 195 Å². The molecule has 0 aromatic carbocycles. The Morgan fingerprint density at radius 1 is 0.556 bits per heavy atom. The zero-order valence-corrected chi connectivity index (χ0v) is 26.0. The number of piperidine rings is 1. The number of nitrogens with zero attached hydrogens (tertiary/aromatic N) is 1. The summed E-state index contributed by atoms with van der Waals surface area (Å²) in [5.74, 6) is 1.78. The minimum absolute atomic E-state index is 0.478. The van der Waals surface area contributed by atoms with E-state index in [2.05, 4.69) is 46.4 Å². The second kappa shape index (κ2) is 22.9. The molecule has 216 valence electrons. The fraction of sp³-hybridized carbons (Fsp3) is 1.00. The van der Waals surface area contributed by atoms with E-state index in [1.807, 2.05) is 0 Å². The summed E-state index contributed by atoms with van der Waals surface area (Å²) in [7, 11) is 0. The molecule has 1 aliphatic rings. The Balaban J connectivity index is 2.47. The monoisotopic (exact) mass is 508 g/mol. The molecule has 0 amide bonds. The molecule has 2 nitrogen and oxygen atoms in total. The van der Waals surface area contributed by atoms with Crippen LogP contribution < -0.4 is 0 Å². The van der Waals surface area contributed by atoms with Gasteiger partial charge in [0.25, 0.3) is 0 Å². The molecule has 0 saturated carbocycles. The normalized spacial score (nSPS) is 21.9. The first kappa shape index (κ1) is 33.9. The highest BCUT2D eigenvalue weighted by molar-refractivity contribution is 4.86. The second-order valence-electron chi connectivity index (χ2n) is 12.6. The van der Waals surface area contributed by atoms with Crippen molar-refractivity contribution in [1.29, 1.82) is 0 Å². The van der Waals surface area contributed by atoms with Gasteiger partial charge in [-0.1, -0.05) is 130 Å². The van der Waals surface area contributed by atoms with E-state index in [0.29, 0.717) is 18.2 Å². The van der Waals surface area contributed by atoms with Gasteiger partial charge in [-0.15, -0.1) is 0 Å². The molecule has 0 aliphatic carbocycles. The van der Waals surface area contributed by atoms with Crippen LogP contribution >= 0.6 is 0 Å². The number of rotatable bonds is 24. The van der Waals surface area contributed by atoms with Crippen molar-refractivity contribution < 1.29 is 4.74 Å². The van der Waals surface area contributed by atoms with E-state index >= 15 is 0 Å². The number of hydrogen-bond acceptors (Lipinski definition) is 2. The summed E-state index contributed by atoms with van der Waals surface area (Å²) in [5, 5.41) is 0. The fourth-order valence-electron chi connectivity index (χ4n) is 6.59. The fourth-order valence-corrected chi connectivity index (χ4v) is 6.59. The van der Waals surface area contributed by atoms with Crippen molar-refractivity contribution in [3.8, 4) is 0 Å². The third kappa shape index (κ3) is 16.0. The molecule has 0 bridgehead atoms. The van der Waals surface area contributed by atoms with E-state index in [1.165, 1.54) is 141 Å². The Labute approximate surface area is 229 Å². The molecule has 2 heteroatoms. The molecule has 0 aromatic heterocycles. The van der Waals surface area contributed by atoms with E-state index < -0.39 is 0 Å². The molecule has 36 heavy (non-hydrogen) atoms. The van der Waals surface area contributed by atoms with E-state index in [4.69, 9.17) is 4.74 Å². The minimum atomic E-state index is 0.478. The predicted octanol–water partition coefficient (Wildman–Crippen LogP) is 11.0. The quantitative estimate of drug-likeness (QED) is 0.120. The van der Waals surface area contributed by atoms with Crippen LogP contribution in [0.5, 0.6) is 0 Å². The summed E-state index contributed by atoms with van der Waals surface area (Å²) >= 11 is 0. The average molecular weight is 508 g/mol. The third-order valence-corrected chi connectivity index (χ3v) is 9.05. The average Bonchev–Trinajstić information content (AvgIpc) is 2.86. The van der Waals surface area contributed by atoms with E-state index in [0.717, 1.165) is 18.4 Å². The Bertz CT molecular complexity index is 442. The molecular formula is C34H69NO. The van der Waals surface area contributed by atoms with Crippen LogP contribution in [-0.4, -0.2) is 36.2 Å². The van der Waals surface area contributed by atoms with Gasteiger partial charge in [0, 0.05) is 25.2 Å². The van der Waals surface area contributed by atoms with Gasteiger partial charge in [-0.2, -0.15) is 0 Å². The summed E-state index contributed by atoms with van der Waals surface area (Å²) in [6.45, 7) is 16.6. The number of ether oxygens (including phenoxy) is 1. The highest BCUT2D eigenvalue weighted by Crippen LogP contribution is 2.30. The van der Waals surface area contributed by atoms with Crippen molar-refractivity contribution in [2.24, 2.45) is 11.8 Å². The molecule has 1 rings (SSSR count). The molecule has 0 aromatic rings. The summed E-state index contributed by atoms with van der Waals surface area (Å²) in [6.07, 6.45) is 29.5. The smallest absolute Gasteiger partial charge is 0.0604 e. The molecule has 0 radical (unpaired) electrons. The summed E-state index contributed by atoms with van der Waals surface area (Å²) in [4.78, 5) is 2.86. The summed E-state index contributed by atoms with van der Waals surface area (Å²) in [5.41, 5.74) is 0. The van der Waals surface area contributed by atoms with Gasteiger partial charge < -0.3 is 4.74 Å².